The van der Waals surface area contributed by atoms with Crippen LogP contribution in [0.15, 0.2) is 24.3 Å². The highest BCUT2D eigenvalue weighted by Gasteiger charge is 2.42. The van der Waals surface area contributed by atoms with Crippen LogP contribution in [0, 0.1) is 5.92 Å². The Morgan fingerprint density at radius 1 is 1.11 bits per heavy atom. The lowest BCUT2D eigenvalue weighted by molar-refractivity contribution is -0.116. The molecule has 1 aliphatic rings. The molecule has 2 amide bonds. The molecule has 90 valence electrons. The molecule has 2 rings (SSSR count). The Labute approximate surface area is 106 Å². The molecule has 0 spiro atoms. The van der Waals surface area contributed by atoms with Crippen molar-refractivity contribution in [3.05, 3.63) is 35.4 Å². The molecular formula is C13H12BNO3. The number of nitrogens with zero attached hydrogens (tertiary/aromatic N) is 1. The Morgan fingerprint density at radius 3 is 1.89 bits per heavy atom. The molecule has 1 aromatic carbocycles. The molecule has 0 aromatic heterocycles. The van der Waals surface area contributed by atoms with Gasteiger partial charge in [0.1, 0.15) is 0 Å². The summed E-state index contributed by atoms with van der Waals surface area (Å²) in [7, 11) is 5.29. The van der Waals surface area contributed by atoms with Crippen LogP contribution in [0.1, 0.15) is 34.6 Å². The fourth-order valence-corrected chi connectivity index (χ4v) is 2.21. The van der Waals surface area contributed by atoms with Gasteiger partial charge in [-0.2, -0.15) is 0 Å². The fourth-order valence-electron chi connectivity index (χ4n) is 2.21. The second-order valence-electron chi connectivity index (χ2n) is 4.62. The maximum absolute atomic E-state index is 12.2. The Hall–Kier alpha value is -1.91. The largest absolute Gasteiger partial charge is 0.310 e. The van der Waals surface area contributed by atoms with Crippen LogP contribution in [-0.2, 0) is 4.79 Å². The van der Waals surface area contributed by atoms with Crippen molar-refractivity contribution in [1.29, 1.82) is 0 Å². The summed E-state index contributed by atoms with van der Waals surface area (Å²) in [5, 5.41) is 0. The van der Waals surface area contributed by atoms with Crippen LogP contribution >= 0.6 is 0 Å². The number of benzene rings is 1. The summed E-state index contributed by atoms with van der Waals surface area (Å²) in [4.78, 5) is 36.7. The minimum Gasteiger partial charge on any atom is -0.310 e. The zero-order chi connectivity index (χ0) is 13.4. The van der Waals surface area contributed by atoms with Gasteiger partial charge in [0, 0.05) is 0 Å². The maximum atomic E-state index is 12.2. The van der Waals surface area contributed by atoms with Crippen molar-refractivity contribution in [3.63, 3.8) is 0 Å². The predicted octanol–water partition coefficient (Wildman–Crippen LogP) is 1.00. The standard InChI is InChI=1S/C13H12BNO3/c1-7(2)10(11(14)16)15-12(17)8-5-3-4-6-9(8)13(15)18/h3-7,10H,1-2H3. The average molecular weight is 241 g/mol. The van der Waals surface area contributed by atoms with Gasteiger partial charge < -0.3 is 4.79 Å². The van der Waals surface area contributed by atoms with Crippen LogP contribution in [0.4, 0.5) is 0 Å². The Morgan fingerprint density at radius 2 is 1.56 bits per heavy atom. The van der Waals surface area contributed by atoms with E-state index < -0.39 is 23.5 Å². The number of imide groups is 1. The lowest BCUT2D eigenvalue weighted by atomic mass is 9.86. The third-order valence-corrected chi connectivity index (χ3v) is 3.03. The molecule has 1 heterocycles. The first kappa shape index (κ1) is 12.5. The number of carbonyl (C=O) groups excluding carboxylic acids is 3. The van der Waals surface area contributed by atoms with E-state index in [2.05, 4.69) is 0 Å². The predicted molar refractivity (Wildman–Crippen MR) is 66.3 cm³/mol. The summed E-state index contributed by atoms with van der Waals surface area (Å²) in [6, 6.07) is 5.61. The van der Waals surface area contributed by atoms with Crippen LogP contribution in [-0.4, -0.2) is 36.3 Å². The maximum Gasteiger partial charge on any atom is 0.262 e. The third-order valence-electron chi connectivity index (χ3n) is 3.03. The number of fused-ring (bicyclic) bond motifs is 1. The SMILES string of the molecule is [B]C(=O)C(C(C)C)N1C(=O)c2ccccc2C1=O. The molecule has 0 bridgehead atoms. The van der Waals surface area contributed by atoms with Crippen molar-refractivity contribution in [2.24, 2.45) is 5.92 Å². The Bertz CT molecular complexity index is 504. The first-order valence-corrected chi connectivity index (χ1v) is 5.71. The van der Waals surface area contributed by atoms with E-state index in [9.17, 15) is 14.4 Å². The lowest BCUT2D eigenvalue weighted by Crippen LogP contribution is -2.48. The Kier molecular flexibility index (Phi) is 3.07. The number of rotatable bonds is 3. The zero-order valence-electron chi connectivity index (χ0n) is 10.2. The van der Waals surface area contributed by atoms with Crippen LogP contribution in [0.2, 0.25) is 0 Å². The minimum absolute atomic E-state index is 0.218. The van der Waals surface area contributed by atoms with Gasteiger partial charge in [0.2, 0.25) is 0 Å². The van der Waals surface area contributed by atoms with E-state index in [1.165, 1.54) is 0 Å². The van der Waals surface area contributed by atoms with Gasteiger partial charge in [0.25, 0.3) is 11.8 Å². The minimum atomic E-state index is -0.905. The molecule has 2 radical (unpaired) electrons. The highest BCUT2D eigenvalue weighted by molar-refractivity contribution is 6.59. The van der Waals surface area contributed by atoms with E-state index in [4.69, 9.17) is 7.85 Å². The highest BCUT2D eigenvalue weighted by atomic mass is 16.2. The first-order chi connectivity index (χ1) is 8.45. The van der Waals surface area contributed by atoms with Gasteiger partial charge in [0.05, 0.1) is 22.9 Å². The molecule has 1 atom stereocenters. The quantitative estimate of drug-likeness (QED) is 0.586. The molecular weight excluding hydrogens is 229 g/mol. The van der Waals surface area contributed by atoms with E-state index in [0.29, 0.717) is 11.1 Å². The summed E-state index contributed by atoms with van der Waals surface area (Å²) in [6.07, 6.45) is 0. The van der Waals surface area contributed by atoms with E-state index in [1.54, 1.807) is 38.1 Å². The molecule has 18 heavy (non-hydrogen) atoms. The van der Waals surface area contributed by atoms with Crippen molar-refractivity contribution in [1.82, 2.24) is 4.90 Å². The fraction of sp³-hybridized carbons (Fsp3) is 0.308. The second kappa shape index (κ2) is 4.40. The summed E-state index contributed by atoms with van der Waals surface area (Å²) in [6.45, 7) is 3.50. The second-order valence-corrected chi connectivity index (χ2v) is 4.62. The monoisotopic (exact) mass is 241 g/mol. The topological polar surface area (TPSA) is 54.5 Å². The van der Waals surface area contributed by atoms with E-state index in [0.717, 1.165) is 4.90 Å². The van der Waals surface area contributed by atoms with Crippen LogP contribution in [0.25, 0.3) is 0 Å². The van der Waals surface area contributed by atoms with Crippen LogP contribution < -0.4 is 0 Å². The number of amides is 2. The molecule has 1 aromatic rings. The smallest absolute Gasteiger partial charge is 0.262 e. The van der Waals surface area contributed by atoms with Crippen LogP contribution in [0.3, 0.4) is 0 Å². The molecule has 0 N–H and O–H groups in total. The van der Waals surface area contributed by atoms with Gasteiger partial charge in [-0.05, 0) is 18.1 Å². The van der Waals surface area contributed by atoms with E-state index in [-0.39, 0.29) is 5.92 Å². The summed E-state index contributed by atoms with van der Waals surface area (Å²) in [5.74, 6) is -1.12. The number of carbonyl (C=O) groups is 3. The molecule has 0 saturated heterocycles. The van der Waals surface area contributed by atoms with Gasteiger partial charge in [-0.3, -0.25) is 14.5 Å². The van der Waals surface area contributed by atoms with Gasteiger partial charge in [-0.25, -0.2) is 0 Å². The lowest BCUT2D eigenvalue weighted by Gasteiger charge is -2.27. The van der Waals surface area contributed by atoms with Gasteiger partial charge in [-0.15, -0.1) is 0 Å². The van der Waals surface area contributed by atoms with Gasteiger partial charge >= 0.3 is 0 Å². The molecule has 4 nitrogen and oxygen atoms in total. The zero-order valence-corrected chi connectivity index (χ0v) is 10.2. The first-order valence-electron chi connectivity index (χ1n) is 5.71. The highest BCUT2D eigenvalue weighted by Crippen LogP contribution is 2.26. The van der Waals surface area contributed by atoms with Crippen LogP contribution in [0.5, 0.6) is 0 Å². The molecule has 5 heteroatoms. The molecule has 0 saturated carbocycles. The molecule has 1 aliphatic heterocycles. The van der Waals surface area contributed by atoms with Gasteiger partial charge in [0.15, 0.2) is 7.85 Å². The average Bonchev–Trinajstić information content (AvgIpc) is 2.55. The third kappa shape index (κ3) is 1.76. The van der Waals surface area contributed by atoms with Crippen molar-refractivity contribution in [2.45, 2.75) is 19.9 Å². The molecule has 0 aliphatic carbocycles. The van der Waals surface area contributed by atoms with E-state index in [1.807, 2.05) is 0 Å². The number of hydrogen-bond donors (Lipinski definition) is 0. The van der Waals surface area contributed by atoms with Crippen molar-refractivity contribution in [3.8, 4) is 0 Å². The molecule has 0 fully saturated rings. The van der Waals surface area contributed by atoms with Crippen molar-refractivity contribution in [2.75, 3.05) is 0 Å². The Balaban J connectivity index is 2.47. The van der Waals surface area contributed by atoms with Gasteiger partial charge in [-0.1, -0.05) is 26.0 Å². The summed E-state index contributed by atoms with van der Waals surface area (Å²) < 4.78 is 0. The van der Waals surface area contributed by atoms with Crippen molar-refractivity contribution < 1.29 is 14.4 Å². The summed E-state index contributed by atoms with van der Waals surface area (Å²) in [5.41, 5.74) is -0.0108. The normalized spacial score (nSPS) is 16.1. The number of hydrogen-bond acceptors (Lipinski definition) is 3. The van der Waals surface area contributed by atoms with Crippen molar-refractivity contribution >= 4 is 25.3 Å². The summed E-state index contributed by atoms with van der Waals surface area (Å²) >= 11 is 0. The van der Waals surface area contributed by atoms with E-state index >= 15 is 0 Å². The molecule has 1 unspecified atom stereocenters.